The van der Waals surface area contributed by atoms with Gasteiger partial charge in [-0.25, -0.2) is 13.8 Å². The van der Waals surface area contributed by atoms with Gasteiger partial charge in [-0.15, -0.1) is 12.6 Å². The van der Waals surface area contributed by atoms with Gasteiger partial charge in [0.1, 0.15) is 11.6 Å². The van der Waals surface area contributed by atoms with E-state index >= 15 is 0 Å². The molecule has 2 aromatic carbocycles. The number of nitrogens with two attached hydrogens (primary N) is 3. The van der Waals surface area contributed by atoms with Crippen LogP contribution in [0.3, 0.4) is 0 Å². The van der Waals surface area contributed by atoms with Crippen LogP contribution in [-0.2, 0) is 6.54 Å². The number of hydrogen-bond donors (Lipinski definition) is 4. The first-order chi connectivity index (χ1) is 16.9. The Kier molecular flexibility index (Phi) is 15.7. The topological polar surface area (TPSA) is 104 Å². The maximum absolute atomic E-state index is 13.8. The Morgan fingerprint density at radius 1 is 0.857 bits per heavy atom. The van der Waals surface area contributed by atoms with Gasteiger partial charge < -0.3 is 17.2 Å². The molecule has 0 spiro atoms. The third-order valence-corrected chi connectivity index (χ3v) is 4.60. The summed E-state index contributed by atoms with van der Waals surface area (Å²) in [5, 5.41) is 1.14. The molecule has 0 radical (unpaired) electrons. The van der Waals surface area contributed by atoms with E-state index in [4.69, 9.17) is 17.2 Å². The maximum Gasteiger partial charge on any atom is 0.156 e. The number of halogens is 2. The van der Waals surface area contributed by atoms with E-state index in [1.54, 1.807) is 6.20 Å². The second-order valence-electron chi connectivity index (χ2n) is 6.15. The highest BCUT2D eigenvalue weighted by Gasteiger charge is 2.15. The van der Waals surface area contributed by atoms with Gasteiger partial charge in [-0.3, -0.25) is 4.98 Å². The number of hydrogen-bond acceptors (Lipinski definition) is 6. The number of para-hydroxylation sites is 1. The average Bonchev–Trinajstić information content (AvgIpc) is 2.91. The number of nitrogens with zero attached hydrogens (tertiary/aromatic N) is 2. The highest BCUT2D eigenvalue weighted by atomic mass is 32.1. The van der Waals surface area contributed by atoms with Crippen molar-refractivity contribution in [1.29, 1.82) is 0 Å². The van der Waals surface area contributed by atoms with E-state index in [1.165, 1.54) is 18.3 Å². The van der Waals surface area contributed by atoms with E-state index in [9.17, 15) is 8.78 Å². The predicted molar refractivity (Wildman–Crippen MR) is 149 cm³/mol. The van der Waals surface area contributed by atoms with Crippen molar-refractivity contribution < 1.29 is 8.78 Å². The second kappa shape index (κ2) is 17.2. The first kappa shape index (κ1) is 31.8. The third kappa shape index (κ3) is 8.81. The van der Waals surface area contributed by atoms with Crippen molar-refractivity contribution in [3.8, 4) is 11.1 Å². The minimum atomic E-state index is -0.815. The smallest absolute Gasteiger partial charge is 0.156 e. The van der Waals surface area contributed by atoms with Crippen LogP contribution >= 0.6 is 12.6 Å². The third-order valence-electron chi connectivity index (χ3n) is 4.24. The van der Waals surface area contributed by atoms with Crippen molar-refractivity contribution in [2.24, 2.45) is 5.73 Å². The highest BCUT2D eigenvalue weighted by molar-refractivity contribution is 7.80. The van der Waals surface area contributed by atoms with Gasteiger partial charge >= 0.3 is 0 Å². The van der Waals surface area contributed by atoms with Gasteiger partial charge in [0.25, 0.3) is 0 Å². The summed E-state index contributed by atoms with van der Waals surface area (Å²) in [5.74, 6) is -1.29. The fourth-order valence-electron chi connectivity index (χ4n) is 2.74. The molecule has 5 nitrogen and oxygen atoms in total. The Morgan fingerprint density at radius 3 is 2.09 bits per heavy atom. The second-order valence-corrected chi connectivity index (χ2v) is 6.63. The molecule has 0 fully saturated rings. The summed E-state index contributed by atoms with van der Waals surface area (Å²) in [6.45, 7) is 12.1. The number of rotatable bonds is 2. The highest BCUT2D eigenvalue weighted by Crippen LogP contribution is 2.30. The van der Waals surface area contributed by atoms with Gasteiger partial charge in [0.15, 0.2) is 5.82 Å². The Balaban J connectivity index is 0.000000581. The van der Waals surface area contributed by atoms with Crippen LogP contribution in [0.15, 0.2) is 65.8 Å². The minimum Gasteiger partial charge on any atom is -0.396 e. The van der Waals surface area contributed by atoms with Gasteiger partial charge in [0.2, 0.25) is 0 Å². The summed E-state index contributed by atoms with van der Waals surface area (Å²) in [4.78, 5) is 9.00. The standard InChI is InChI=1S/C12H12F2N4.C9H7NS.3C2H6/c13-8-1-2-9(16)11(14)10(8)7-3-6(4-15)12(17)18-5-7;11-8-5-1-3-7-4-2-6-10-9(7)8;3*1-2/h1-3,5H,4,15-16H2,(H2,17,18);1-6,11H;3*1-2H3. The molecule has 0 unspecified atom stereocenters. The summed E-state index contributed by atoms with van der Waals surface area (Å²) in [6.07, 6.45) is 3.07. The molecule has 2 aromatic heterocycles. The predicted octanol–water partition coefficient (Wildman–Crippen LogP) is 7.25. The monoisotopic (exact) mass is 501 g/mol. The Morgan fingerprint density at radius 2 is 1.49 bits per heavy atom. The lowest BCUT2D eigenvalue weighted by Gasteiger charge is -2.09. The maximum atomic E-state index is 13.8. The van der Waals surface area contributed by atoms with Crippen LogP contribution in [0.2, 0.25) is 0 Å². The SMILES string of the molecule is CC.CC.CC.NCc1cc(-c2c(F)ccc(N)c2F)cnc1N.Sc1cccc2cccnc12. The van der Waals surface area contributed by atoms with Crippen molar-refractivity contribution in [1.82, 2.24) is 9.97 Å². The van der Waals surface area contributed by atoms with Crippen LogP contribution < -0.4 is 17.2 Å². The van der Waals surface area contributed by atoms with Crippen LogP contribution in [0.25, 0.3) is 22.0 Å². The summed E-state index contributed by atoms with van der Waals surface area (Å²) in [6, 6.07) is 13.7. The lowest BCUT2D eigenvalue weighted by Crippen LogP contribution is -2.05. The first-order valence-electron chi connectivity index (χ1n) is 11.6. The molecule has 0 saturated heterocycles. The molecule has 0 amide bonds. The molecule has 190 valence electrons. The van der Waals surface area contributed by atoms with Crippen molar-refractivity contribution in [2.75, 3.05) is 11.5 Å². The number of aromatic nitrogens is 2. The Labute approximate surface area is 213 Å². The summed E-state index contributed by atoms with van der Waals surface area (Å²) in [5.41, 5.74) is 17.9. The van der Waals surface area contributed by atoms with Crippen molar-refractivity contribution in [3.05, 3.63) is 78.1 Å². The number of fused-ring (bicyclic) bond motifs is 1. The lowest BCUT2D eigenvalue weighted by molar-refractivity contribution is 0.592. The fourth-order valence-corrected chi connectivity index (χ4v) is 3.02. The van der Waals surface area contributed by atoms with E-state index in [2.05, 4.69) is 22.6 Å². The molecule has 0 atom stereocenters. The van der Waals surface area contributed by atoms with Crippen LogP contribution in [0.1, 0.15) is 47.1 Å². The van der Waals surface area contributed by atoms with Gasteiger partial charge in [0.05, 0.1) is 16.8 Å². The van der Waals surface area contributed by atoms with E-state index in [-0.39, 0.29) is 29.2 Å². The van der Waals surface area contributed by atoms with E-state index in [0.717, 1.165) is 21.9 Å². The quantitative estimate of drug-likeness (QED) is 0.171. The summed E-state index contributed by atoms with van der Waals surface area (Å²) >= 11 is 4.29. The zero-order valence-corrected chi connectivity index (χ0v) is 22.2. The minimum absolute atomic E-state index is 0.127. The van der Waals surface area contributed by atoms with Crippen LogP contribution in [-0.4, -0.2) is 9.97 Å². The number of anilines is 2. The molecule has 0 bridgehead atoms. The van der Waals surface area contributed by atoms with Gasteiger partial charge in [-0.1, -0.05) is 59.7 Å². The molecule has 0 aliphatic rings. The lowest BCUT2D eigenvalue weighted by atomic mass is 10.0. The number of nitrogen functional groups attached to an aromatic ring is 2. The Hall–Kier alpha value is -3.23. The average molecular weight is 502 g/mol. The normalized spacial score (nSPS) is 9.20. The van der Waals surface area contributed by atoms with Crippen molar-refractivity contribution >= 4 is 35.0 Å². The van der Waals surface area contributed by atoms with Gasteiger partial charge in [-0.05, 0) is 30.3 Å². The first-order valence-corrected chi connectivity index (χ1v) is 12.1. The van der Waals surface area contributed by atoms with Crippen LogP contribution in [0, 0.1) is 11.6 Å². The molecule has 2 heterocycles. The van der Waals surface area contributed by atoms with Crippen molar-refractivity contribution in [3.63, 3.8) is 0 Å². The molecule has 0 aliphatic heterocycles. The molecular weight excluding hydrogens is 464 g/mol. The molecule has 0 aliphatic carbocycles. The number of thiol groups is 1. The summed E-state index contributed by atoms with van der Waals surface area (Å²) < 4.78 is 27.5. The van der Waals surface area contributed by atoms with E-state index < -0.39 is 11.6 Å². The molecule has 6 N–H and O–H groups in total. The van der Waals surface area contributed by atoms with E-state index in [1.807, 2.05) is 71.9 Å². The van der Waals surface area contributed by atoms with Gasteiger partial charge in [-0.2, -0.15) is 0 Å². The molecule has 8 heteroatoms. The largest absolute Gasteiger partial charge is 0.396 e. The van der Waals surface area contributed by atoms with E-state index in [0.29, 0.717) is 5.56 Å². The zero-order chi connectivity index (χ0) is 27.0. The Bertz CT molecular complexity index is 1160. The van der Waals surface area contributed by atoms with Crippen LogP contribution in [0.4, 0.5) is 20.3 Å². The number of pyridine rings is 2. The van der Waals surface area contributed by atoms with Crippen molar-refractivity contribution in [2.45, 2.75) is 53.0 Å². The van der Waals surface area contributed by atoms with Gasteiger partial charge in [0, 0.05) is 40.3 Å². The summed E-state index contributed by atoms with van der Waals surface area (Å²) in [7, 11) is 0. The molecule has 35 heavy (non-hydrogen) atoms. The van der Waals surface area contributed by atoms with Crippen LogP contribution in [0.5, 0.6) is 0 Å². The number of benzene rings is 2. The fraction of sp³-hybridized carbons (Fsp3) is 0.259. The molecule has 4 aromatic rings. The molecule has 0 saturated carbocycles. The molecular formula is C27H37F2N5S. The zero-order valence-electron chi connectivity index (χ0n) is 21.3. The molecule has 4 rings (SSSR count).